The van der Waals surface area contributed by atoms with Crippen LogP contribution in [0.15, 0.2) is 46.6 Å². The molecule has 0 radical (unpaired) electrons. The Hall–Kier alpha value is -2.60. The van der Waals surface area contributed by atoms with Crippen LogP contribution in [0.5, 0.6) is 0 Å². The predicted molar refractivity (Wildman–Crippen MR) is 65.4 cm³/mol. The van der Waals surface area contributed by atoms with E-state index in [0.29, 0.717) is 0 Å². The van der Waals surface area contributed by atoms with E-state index in [9.17, 15) is 53.5 Å². The first-order chi connectivity index (χ1) is 12.2. The lowest BCUT2D eigenvalue weighted by Crippen LogP contribution is -2.37. The highest BCUT2D eigenvalue weighted by atomic mass is 19.3. The van der Waals surface area contributed by atoms with Crippen molar-refractivity contribution in [1.29, 1.82) is 0 Å². The summed E-state index contributed by atoms with van der Waals surface area (Å²) in [6.07, 6.45) is -8.39. The Labute approximate surface area is 142 Å². The summed E-state index contributed by atoms with van der Waals surface area (Å²) >= 11 is 0. The Kier molecular flexibility index (Phi) is 5.01. The molecule has 2 unspecified atom stereocenters. The summed E-state index contributed by atoms with van der Waals surface area (Å²) in [6, 6.07) is 0. The molecule has 148 valence electrons. The maximum Gasteiger partial charge on any atom is 0.349 e. The summed E-state index contributed by atoms with van der Waals surface area (Å²) in [7, 11) is 0. The van der Waals surface area contributed by atoms with Crippen molar-refractivity contribution in [3.63, 3.8) is 0 Å². The minimum absolute atomic E-state index is 0.402. The van der Waals surface area contributed by atoms with Gasteiger partial charge in [0, 0.05) is 0 Å². The van der Waals surface area contributed by atoms with Gasteiger partial charge in [0.2, 0.25) is 12.3 Å². The van der Waals surface area contributed by atoms with Gasteiger partial charge in [-0.1, -0.05) is 0 Å². The number of alkyl halides is 6. The van der Waals surface area contributed by atoms with Gasteiger partial charge < -0.3 is 4.74 Å². The van der Waals surface area contributed by atoms with Crippen LogP contribution in [0, 0.1) is 0 Å². The maximum absolute atomic E-state index is 13.4. The highest BCUT2D eigenvalue weighted by molar-refractivity contribution is 6.05. The number of hydrogen-bond donors (Lipinski definition) is 0. The number of rotatable bonds is 2. The van der Waals surface area contributed by atoms with Gasteiger partial charge in [0.05, 0.1) is 0 Å². The number of halogens is 10. The van der Waals surface area contributed by atoms with Crippen LogP contribution >= 0.6 is 0 Å². The monoisotopic (exact) mass is 410 g/mol. The number of carbonyl (C=O) groups is 2. The molecule has 0 fully saturated rings. The summed E-state index contributed by atoms with van der Waals surface area (Å²) in [6.45, 7) is 0. The standard InChI is InChI=1S/C14H4F10O3/c15-5-1-3(7(17)13(21,22)9(5)19)11(25)27-12(26)4-2-6(16)10(20)14(23,24)8(4)18/h1-2,9-10H. The van der Waals surface area contributed by atoms with E-state index >= 15 is 0 Å². The van der Waals surface area contributed by atoms with Crippen molar-refractivity contribution in [3.05, 3.63) is 46.6 Å². The lowest BCUT2D eigenvalue weighted by atomic mass is 9.99. The van der Waals surface area contributed by atoms with Crippen LogP contribution in [-0.2, 0) is 14.3 Å². The van der Waals surface area contributed by atoms with Crippen molar-refractivity contribution in [1.82, 2.24) is 0 Å². The second-order valence-electron chi connectivity index (χ2n) is 5.16. The van der Waals surface area contributed by atoms with Crippen molar-refractivity contribution in [3.8, 4) is 0 Å². The molecule has 0 aliphatic heterocycles. The minimum Gasteiger partial charge on any atom is -0.386 e. The van der Waals surface area contributed by atoms with Gasteiger partial charge in [0.1, 0.15) is 22.8 Å². The largest absolute Gasteiger partial charge is 0.386 e. The molecule has 0 bridgehead atoms. The predicted octanol–water partition coefficient (Wildman–Crippen LogP) is 4.18. The van der Waals surface area contributed by atoms with E-state index < -0.39 is 82.7 Å². The van der Waals surface area contributed by atoms with Gasteiger partial charge in [-0.15, -0.1) is 0 Å². The van der Waals surface area contributed by atoms with Gasteiger partial charge in [0.25, 0.3) is 0 Å². The Morgan fingerprint density at radius 2 is 1.04 bits per heavy atom. The van der Waals surface area contributed by atoms with Gasteiger partial charge in [-0.3, -0.25) is 0 Å². The van der Waals surface area contributed by atoms with Crippen LogP contribution in [0.3, 0.4) is 0 Å². The van der Waals surface area contributed by atoms with Crippen LogP contribution in [0.25, 0.3) is 0 Å². The third-order valence-corrected chi connectivity index (χ3v) is 3.37. The third-order valence-electron chi connectivity index (χ3n) is 3.37. The van der Waals surface area contributed by atoms with E-state index in [4.69, 9.17) is 0 Å². The second kappa shape index (κ2) is 6.53. The van der Waals surface area contributed by atoms with E-state index in [2.05, 4.69) is 4.74 Å². The summed E-state index contributed by atoms with van der Waals surface area (Å²) < 4.78 is 135. The fourth-order valence-electron chi connectivity index (χ4n) is 1.97. The number of hydrogen-bond acceptors (Lipinski definition) is 3. The van der Waals surface area contributed by atoms with Crippen LogP contribution in [0.4, 0.5) is 43.9 Å². The smallest absolute Gasteiger partial charge is 0.349 e. The summed E-state index contributed by atoms with van der Waals surface area (Å²) in [5, 5.41) is 0. The quantitative estimate of drug-likeness (QED) is 0.390. The van der Waals surface area contributed by atoms with E-state index in [1.165, 1.54) is 0 Å². The molecule has 0 aromatic rings. The lowest BCUT2D eigenvalue weighted by Gasteiger charge is -2.24. The van der Waals surface area contributed by atoms with Crippen LogP contribution in [0.1, 0.15) is 0 Å². The SMILES string of the molecule is O=C(OC(=O)C1=C(F)C(F)(F)C(F)C(F)=C1)C1=C(F)C(F)(F)C(F)C(F)=C1. The molecular weight excluding hydrogens is 406 g/mol. The Bertz CT molecular complexity index is 768. The van der Waals surface area contributed by atoms with Crippen LogP contribution in [-0.4, -0.2) is 36.1 Å². The number of ether oxygens (including phenoxy) is 1. The molecule has 27 heavy (non-hydrogen) atoms. The van der Waals surface area contributed by atoms with Gasteiger partial charge >= 0.3 is 23.8 Å². The molecule has 2 atom stereocenters. The number of allylic oxidation sites excluding steroid dienone is 4. The normalized spacial score (nSPS) is 27.2. The summed E-state index contributed by atoms with van der Waals surface area (Å²) in [4.78, 5) is 23.0. The zero-order chi connectivity index (χ0) is 20.9. The second-order valence-corrected chi connectivity index (χ2v) is 5.16. The topological polar surface area (TPSA) is 43.4 Å². The first-order valence-corrected chi connectivity index (χ1v) is 6.57. The molecule has 3 nitrogen and oxygen atoms in total. The summed E-state index contributed by atoms with van der Waals surface area (Å²) in [5.41, 5.74) is -4.01. The van der Waals surface area contributed by atoms with Gasteiger partial charge in [0.15, 0.2) is 11.7 Å². The van der Waals surface area contributed by atoms with Crippen LogP contribution < -0.4 is 0 Å². The van der Waals surface area contributed by atoms with Crippen molar-refractivity contribution in [2.75, 3.05) is 0 Å². The molecular formula is C14H4F10O3. The third kappa shape index (κ3) is 3.25. The Balaban J connectivity index is 2.36. The van der Waals surface area contributed by atoms with Crippen molar-refractivity contribution in [2.45, 2.75) is 24.2 Å². The lowest BCUT2D eigenvalue weighted by molar-refractivity contribution is -0.154. The molecule has 2 rings (SSSR count). The molecule has 2 aliphatic carbocycles. The Morgan fingerprint density at radius 3 is 1.33 bits per heavy atom. The summed E-state index contributed by atoms with van der Waals surface area (Å²) in [5.74, 6) is -25.6. The average Bonchev–Trinajstić information content (AvgIpc) is 2.58. The van der Waals surface area contributed by atoms with E-state index in [1.807, 2.05) is 0 Å². The van der Waals surface area contributed by atoms with Gasteiger partial charge in [-0.2, -0.15) is 17.6 Å². The fraction of sp³-hybridized carbons (Fsp3) is 0.286. The molecule has 0 saturated carbocycles. The zero-order valence-corrected chi connectivity index (χ0v) is 12.3. The van der Waals surface area contributed by atoms with E-state index in [-0.39, 0.29) is 0 Å². The van der Waals surface area contributed by atoms with Crippen molar-refractivity contribution >= 4 is 11.9 Å². The number of carbonyl (C=O) groups excluding carboxylic acids is 2. The molecule has 0 spiro atoms. The van der Waals surface area contributed by atoms with E-state index in [0.717, 1.165) is 0 Å². The first kappa shape index (κ1) is 20.7. The number of esters is 2. The highest BCUT2D eigenvalue weighted by Gasteiger charge is 2.54. The first-order valence-electron chi connectivity index (χ1n) is 6.57. The molecule has 0 heterocycles. The Morgan fingerprint density at radius 1 is 0.741 bits per heavy atom. The zero-order valence-electron chi connectivity index (χ0n) is 12.3. The minimum atomic E-state index is -5.16. The maximum atomic E-state index is 13.4. The molecule has 0 N–H and O–H groups in total. The molecule has 2 aliphatic rings. The highest BCUT2D eigenvalue weighted by Crippen LogP contribution is 2.43. The van der Waals surface area contributed by atoms with Crippen LogP contribution in [0.2, 0.25) is 0 Å². The van der Waals surface area contributed by atoms with Crippen molar-refractivity contribution < 1.29 is 58.2 Å². The molecule has 0 aromatic heterocycles. The van der Waals surface area contributed by atoms with Crippen molar-refractivity contribution in [2.24, 2.45) is 0 Å². The average molecular weight is 410 g/mol. The van der Waals surface area contributed by atoms with Gasteiger partial charge in [-0.05, 0) is 12.2 Å². The molecule has 0 aromatic carbocycles. The van der Waals surface area contributed by atoms with Gasteiger partial charge in [-0.25, -0.2) is 35.9 Å². The molecule has 13 heteroatoms. The molecule has 0 saturated heterocycles. The fourth-order valence-corrected chi connectivity index (χ4v) is 1.97. The van der Waals surface area contributed by atoms with E-state index in [1.54, 1.807) is 0 Å². The molecule has 0 amide bonds.